The Balaban J connectivity index is 1.81. The molecule has 0 bridgehead atoms. The molecule has 3 rings (SSSR count). The highest BCUT2D eigenvalue weighted by Crippen LogP contribution is 2.31. The maximum atomic E-state index is 13.8. The summed E-state index contributed by atoms with van der Waals surface area (Å²) in [5, 5.41) is 0.893. The van der Waals surface area contributed by atoms with Crippen molar-refractivity contribution in [2.24, 2.45) is 0 Å². The van der Waals surface area contributed by atoms with Gasteiger partial charge >= 0.3 is 0 Å². The molecule has 0 aliphatic carbocycles. The van der Waals surface area contributed by atoms with Gasteiger partial charge in [-0.2, -0.15) is 0 Å². The fourth-order valence-electron chi connectivity index (χ4n) is 2.80. The van der Waals surface area contributed by atoms with E-state index in [9.17, 15) is 4.39 Å². The Bertz CT molecular complexity index is 947. The number of pyridine rings is 1. The molecule has 144 valence electrons. The van der Waals surface area contributed by atoms with Crippen LogP contribution in [-0.2, 0) is 11.5 Å². The molecule has 0 N–H and O–H groups in total. The molecule has 0 aliphatic heterocycles. The standard InChI is InChI=1S/C21H27FN2O2Si/c1-15-6-7-17(13-19(15)22)26-20-8-9-23-21-18(20)12-16(2)24(21)14-25-10-11-27(3,4)5/h6-9,12-13H,10-11,14H2,1-5H3. The number of hydrogen-bond donors (Lipinski definition) is 0. The lowest BCUT2D eigenvalue weighted by atomic mass is 10.2. The Labute approximate surface area is 161 Å². The molecule has 0 radical (unpaired) electrons. The van der Waals surface area contributed by atoms with Gasteiger partial charge in [0.15, 0.2) is 0 Å². The predicted molar refractivity (Wildman–Crippen MR) is 110 cm³/mol. The van der Waals surface area contributed by atoms with E-state index in [-0.39, 0.29) is 5.82 Å². The van der Waals surface area contributed by atoms with Crippen molar-refractivity contribution >= 4 is 19.1 Å². The summed E-state index contributed by atoms with van der Waals surface area (Å²) in [5.41, 5.74) is 2.46. The predicted octanol–water partition coefficient (Wildman–Crippen LogP) is 5.90. The van der Waals surface area contributed by atoms with Gasteiger partial charge in [0.1, 0.15) is 29.7 Å². The summed E-state index contributed by atoms with van der Waals surface area (Å²) in [6, 6.07) is 9.86. The molecule has 0 atom stereocenters. The number of hydrogen-bond acceptors (Lipinski definition) is 3. The van der Waals surface area contributed by atoms with Crippen molar-refractivity contribution in [3.63, 3.8) is 0 Å². The van der Waals surface area contributed by atoms with Crippen LogP contribution in [0.2, 0.25) is 25.7 Å². The first kappa shape index (κ1) is 19.6. The molecule has 0 saturated heterocycles. The second-order valence-corrected chi connectivity index (χ2v) is 13.7. The first-order chi connectivity index (χ1) is 12.7. The summed E-state index contributed by atoms with van der Waals surface area (Å²) in [4.78, 5) is 4.50. The van der Waals surface area contributed by atoms with E-state index in [1.165, 1.54) is 6.07 Å². The quantitative estimate of drug-likeness (QED) is 0.375. The van der Waals surface area contributed by atoms with Crippen LogP contribution in [0.15, 0.2) is 36.5 Å². The Morgan fingerprint density at radius 3 is 2.59 bits per heavy atom. The SMILES string of the molecule is Cc1ccc(Oc2ccnc3c2cc(C)n3COCC[Si](C)(C)C)cc1F. The highest BCUT2D eigenvalue weighted by atomic mass is 28.3. The minimum Gasteiger partial charge on any atom is -0.456 e. The topological polar surface area (TPSA) is 36.3 Å². The summed E-state index contributed by atoms with van der Waals surface area (Å²) in [7, 11) is -1.11. The third-order valence-corrected chi connectivity index (χ3v) is 6.26. The molecule has 6 heteroatoms. The Morgan fingerprint density at radius 1 is 1.11 bits per heavy atom. The normalized spacial score (nSPS) is 11.9. The van der Waals surface area contributed by atoms with Gasteiger partial charge in [-0.25, -0.2) is 9.37 Å². The van der Waals surface area contributed by atoms with E-state index >= 15 is 0 Å². The zero-order valence-corrected chi connectivity index (χ0v) is 17.7. The zero-order valence-electron chi connectivity index (χ0n) is 16.7. The smallest absolute Gasteiger partial charge is 0.145 e. The first-order valence-corrected chi connectivity index (χ1v) is 12.9. The fourth-order valence-corrected chi connectivity index (χ4v) is 3.56. The number of benzene rings is 1. The summed E-state index contributed by atoms with van der Waals surface area (Å²) in [5.74, 6) is 0.858. The number of ether oxygens (including phenoxy) is 2. The molecule has 4 nitrogen and oxygen atoms in total. The average molecular weight is 387 g/mol. The van der Waals surface area contributed by atoms with Gasteiger partial charge < -0.3 is 14.0 Å². The molecule has 0 aliphatic rings. The molecule has 2 aromatic heterocycles. The number of aromatic nitrogens is 2. The van der Waals surface area contributed by atoms with Gasteiger partial charge in [0.2, 0.25) is 0 Å². The van der Waals surface area contributed by atoms with Crippen LogP contribution in [0.4, 0.5) is 4.39 Å². The third-order valence-electron chi connectivity index (χ3n) is 4.55. The molecule has 1 aromatic carbocycles. The van der Waals surface area contributed by atoms with Crippen LogP contribution in [0.1, 0.15) is 11.3 Å². The van der Waals surface area contributed by atoms with Gasteiger partial charge in [0, 0.05) is 32.6 Å². The van der Waals surface area contributed by atoms with Crippen molar-refractivity contribution in [3.8, 4) is 11.5 Å². The minimum absolute atomic E-state index is 0.276. The lowest BCUT2D eigenvalue weighted by Crippen LogP contribution is -2.22. The van der Waals surface area contributed by atoms with Gasteiger partial charge in [0.25, 0.3) is 0 Å². The number of aryl methyl sites for hydroxylation is 2. The molecule has 27 heavy (non-hydrogen) atoms. The molecule has 0 spiro atoms. The fraction of sp³-hybridized carbons (Fsp3) is 0.381. The average Bonchev–Trinajstić information content (AvgIpc) is 2.91. The zero-order chi connectivity index (χ0) is 19.6. The van der Waals surface area contributed by atoms with Crippen molar-refractivity contribution in [2.45, 2.75) is 46.3 Å². The summed E-state index contributed by atoms with van der Waals surface area (Å²) in [6.07, 6.45) is 1.71. The molecular formula is C21H27FN2O2Si. The molecule has 2 heterocycles. The summed E-state index contributed by atoms with van der Waals surface area (Å²) < 4.78 is 27.7. The van der Waals surface area contributed by atoms with E-state index in [0.717, 1.165) is 29.4 Å². The van der Waals surface area contributed by atoms with Gasteiger partial charge in [-0.3, -0.25) is 0 Å². The number of nitrogens with zero attached hydrogens (tertiary/aromatic N) is 2. The molecule has 0 fully saturated rings. The van der Waals surface area contributed by atoms with Crippen molar-refractivity contribution in [3.05, 3.63) is 53.6 Å². The van der Waals surface area contributed by atoms with Gasteiger partial charge in [-0.15, -0.1) is 0 Å². The van der Waals surface area contributed by atoms with E-state index in [0.29, 0.717) is 23.8 Å². The van der Waals surface area contributed by atoms with Crippen molar-refractivity contribution in [1.29, 1.82) is 0 Å². The van der Waals surface area contributed by atoms with Gasteiger partial charge in [-0.05, 0) is 43.7 Å². The monoisotopic (exact) mass is 386 g/mol. The third kappa shape index (κ3) is 4.76. The first-order valence-electron chi connectivity index (χ1n) is 9.21. The van der Waals surface area contributed by atoms with Crippen LogP contribution in [0.3, 0.4) is 0 Å². The van der Waals surface area contributed by atoms with Crippen LogP contribution >= 0.6 is 0 Å². The highest BCUT2D eigenvalue weighted by molar-refractivity contribution is 6.76. The Morgan fingerprint density at radius 2 is 1.89 bits per heavy atom. The summed E-state index contributed by atoms with van der Waals surface area (Å²) >= 11 is 0. The largest absolute Gasteiger partial charge is 0.456 e. The van der Waals surface area contributed by atoms with Crippen molar-refractivity contribution < 1.29 is 13.9 Å². The van der Waals surface area contributed by atoms with E-state index in [2.05, 4.69) is 24.6 Å². The van der Waals surface area contributed by atoms with Crippen LogP contribution < -0.4 is 4.74 Å². The second kappa shape index (κ2) is 7.82. The van der Waals surface area contributed by atoms with Crippen LogP contribution in [0.25, 0.3) is 11.0 Å². The van der Waals surface area contributed by atoms with E-state index in [1.54, 1.807) is 31.3 Å². The second-order valence-electron chi connectivity index (χ2n) is 8.12. The molecule has 0 amide bonds. The maximum absolute atomic E-state index is 13.8. The lowest BCUT2D eigenvalue weighted by Gasteiger charge is -2.16. The molecule has 0 saturated carbocycles. The molecule has 3 aromatic rings. The number of rotatable bonds is 7. The van der Waals surface area contributed by atoms with E-state index in [1.807, 2.05) is 17.6 Å². The van der Waals surface area contributed by atoms with Crippen molar-refractivity contribution in [1.82, 2.24) is 9.55 Å². The number of halogens is 1. The Hall–Kier alpha value is -2.18. The van der Waals surface area contributed by atoms with Crippen LogP contribution in [0, 0.1) is 19.7 Å². The van der Waals surface area contributed by atoms with Gasteiger partial charge in [-0.1, -0.05) is 25.7 Å². The number of fused-ring (bicyclic) bond motifs is 1. The summed E-state index contributed by atoms with van der Waals surface area (Å²) in [6.45, 7) is 12.0. The van der Waals surface area contributed by atoms with Crippen LogP contribution in [0.5, 0.6) is 11.5 Å². The molecule has 0 unspecified atom stereocenters. The van der Waals surface area contributed by atoms with Crippen molar-refractivity contribution in [2.75, 3.05) is 6.61 Å². The van der Waals surface area contributed by atoms with E-state index < -0.39 is 8.07 Å². The highest BCUT2D eigenvalue weighted by Gasteiger charge is 2.15. The Kier molecular flexibility index (Phi) is 5.67. The van der Waals surface area contributed by atoms with Crippen LogP contribution in [-0.4, -0.2) is 24.2 Å². The van der Waals surface area contributed by atoms with Gasteiger partial charge in [0.05, 0.1) is 5.39 Å². The van der Waals surface area contributed by atoms with E-state index in [4.69, 9.17) is 9.47 Å². The molecular weight excluding hydrogens is 359 g/mol. The minimum atomic E-state index is -1.11. The lowest BCUT2D eigenvalue weighted by molar-refractivity contribution is 0.0886. The maximum Gasteiger partial charge on any atom is 0.145 e.